The van der Waals surface area contributed by atoms with Crippen LogP contribution in [-0.2, 0) is 14.8 Å². The molecule has 0 spiro atoms. The van der Waals surface area contributed by atoms with Gasteiger partial charge in [0.05, 0.1) is 11.0 Å². The largest absolute Gasteiger partial charge is 0.490 e. The zero-order chi connectivity index (χ0) is 21.6. The molecule has 1 aliphatic carbocycles. The normalized spacial score (nSPS) is 14.4. The van der Waals surface area contributed by atoms with Crippen LogP contribution in [0, 0.1) is 0 Å². The summed E-state index contributed by atoms with van der Waals surface area (Å²) in [6, 6.07) is 13.0. The first-order valence-electron chi connectivity index (χ1n) is 10.0. The van der Waals surface area contributed by atoms with Gasteiger partial charge in [0.2, 0.25) is 15.9 Å². The Hall–Kier alpha value is -2.71. The SMILES string of the molecule is CC(=O)c1cccc(S(=O)(=O)NCCC(=O)Nc2ccc(OC3CCCC3)cc2)c1. The maximum atomic E-state index is 12.4. The zero-order valence-corrected chi connectivity index (χ0v) is 17.7. The fourth-order valence-corrected chi connectivity index (χ4v) is 4.38. The minimum atomic E-state index is -3.80. The molecule has 0 heterocycles. The average Bonchev–Trinajstić information content (AvgIpc) is 3.22. The maximum absolute atomic E-state index is 12.4. The molecule has 0 saturated heterocycles. The molecule has 0 radical (unpaired) electrons. The number of rotatable bonds is 9. The van der Waals surface area contributed by atoms with Gasteiger partial charge >= 0.3 is 0 Å². The van der Waals surface area contributed by atoms with Crippen LogP contribution in [0.2, 0.25) is 0 Å². The lowest BCUT2D eigenvalue weighted by Gasteiger charge is -2.13. The van der Waals surface area contributed by atoms with Crippen molar-refractivity contribution in [3.8, 4) is 5.75 Å². The molecule has 2 N–H and O–H groups in total. The van der Waals surface area contributed by atoms with Crippen molar-refractivity contribution in [1.82, 2.24) is 4.72 Å². The Kier molecular flexibility index (Phi) is 7.23. The van der Waals surface area contributed by atoms with E-state index in [9.17, 15) is 18.0 Å². The van der Waals surface area contributed by atoms with Crippen molar-refractivity contribution in [1.29, 1.82) is 0 Å². The van der Waals surface area contributed by atoms with E-state index < -0.39 is 10.0 Å². The number of ether oxygens (including phenoxy) is 1. The molecular weight excluding hydrogens is 404 g/mol. The fraction of sp³-hybridized carbons (Fsp3) is 0.364. The number of benzene rings is 2. The second-order valence-electron chi connectivity index (χ2n) is 7.33. The first-order valence-corrected chi connectivity index (χ1v) is 11.5. The Balaban J connectivity index is 1.47. The molecule has 0 bridgehead atoms. The second kappa shape index (κ2) is 9.86. The van der Waals surface area contributed by atoms with Gasteiger partial charge in [0.25, 0.3) is 0 Å². The predicted octanol–water partition coefficient (Wildman–Crippen LogP) is 3.52. The molecule has 1 fully saturated rings. The van der Waals surface area contributed by atoms with Gasteiger partial charge < -0.3 is 10.1 Å². The first-order chi connectivity index (χ1) is 14.3. The van der Waals surface area contributed by atoms with E-state index in [2.05, 4.69) is 10.0 Å². The predicted molar refractivity (Wildman–Crippen MR) is 114 cm³/mol. The summed E-state index contributed by atoms with van der Waals surface area (Å²) in [5.74, 6) is 0.256. The molecule has 2 aromatic carbocycles. The van der Waals surface area contributed by atoms with E-state index in [4.69, 9.17) is 4.74 Å². The highest BCUT2D eigenvalue weighted by atomic mass is 32.2. The zero-order valence-electron chi connectivity index (χ0n) is 16.9. The average molecular weight is 431 g/mol. The van der Waals surface area contributed by atoms with Gasteiger partial charge in [0, 0.05) is 24.2 Å². The molecule has 1 amide bonds. The van der Waals surface area contributed by atoms with Gasteiger partial charge in [-0.25, -0.2) is 13.1 Å². The van der Waals surface area contributed by atoms with E-state index in [0.29, 0.717) is 11.3 Å². The number of hydrogen-bond donors (Lipinski definition) is 2. The van der Waals surface area contributed by atoms with Gasteiger partial charge in [0.1, 0.15) is 5.75 Å². The molecule has 1 aliphatic rings. The van der Waals surface area contributed by atoms with Crippen LogP contribution in [0.25, 0.3) is 0 Å². The maximum Gasteiger partial charge on any atom is 0.240 e. The third kappa shape index (κ3) is 6.14. The van der Waals surface area contributed by atoms with Crippen LogP contribution in [0.4, 0.5) is 5.69 Å². The minimum absolute atomic E-state index is 0.00606. The Morgan fingerprint density at radius 1 is 1.07 bits per heavy atom. The number of carbonyl (C=O) groups excluding carboxylic acids is 2. The lowest BCUT2D eigenvalue weighted by molar-refractivity contribution is -0.116. The van der Waals surface area contributed by atoms with Crippen molar-refractivity contribution in [2.45, 2.75) is 50.0 Å². The monoisotopic (exact) mass is 430 g/mol. The summed E-state index contributed by atoms with van der Waals surface area (Å²) in [5, 5.41) is 2.74. The van der Waals surface area contributed by atoms with Crippen molar-refractivity contribution >= 4 is 27.4 Å². The summed E-state index contributed by atoms with van der Waals surface area (Å²) in [6.45, 7) is 1.32. The third-order valence-electron chi connectivity index (χ3n) is 4.94. The Morgan fingerprint density at radius 3 is 2.43 bits per heavy atom. The Bertz CT molecular complexity index is 996. The van der Waals surface area contributed by atoms with Crippen LogP contribution < -0.4 is 14.8 Å². The molecule has 1 saturated carbocycles. The number of sulfonamides is 1. The van der Waals surface area contributed by atoms with Crippen molar-refractivity contribution in [2.24, 2.45) is 0 Å². The highest BCUT2D eigenvalue weighted by Crippen LogP contribution is 2.25. The molecule has 0 aliphatic heterocycles. The third-order valence-corrected chi connectivity index (χ3v) is 6.40. The van der Waals surface area contributed by atoms with E-state index >= 15 is 0 Å². The lowest BCUT2D eigenvalue weighted by Crippen LogP contribution is -2.28. The van der Waals surface area contributed by atoms with Crippen LogP contribution in [-0.4, -0.2) is 32.8 Å². The van der Waals surface area contributed by atoms with E-state index in [0.717, 1.165) is 18.6 Å². The fourth-order valence-electron chi connectivity index (χ4n) is 3.30. The van der Waals surface area contributed by atoms with Gasteiger partial charge in [-0.2, -0.15) is 0 Å². The van der Waals surface area contributed by atoms with Gasteiger partial charge in [-0.05, 0) is 69.0 Å². The van der Waals surface area contributed by atoms with Crippen molar-refractivity contribution in [3.63, 3.8) is 0 Å². The number of amides is 1. The number of carbonyl (C=O) groups is 2. The van der Waals surface area contributed by atoms with Gasteiger partial charge in [0.15, 0.2) is 5.78 Å². The van der Waals surface area contributed by atoms with Crippen LogP contribution in [0.5, 0.6) is 5.75 Å². The van der Waals surface area contributed by atoms with Crippen LogP contribution >= 0.6 is 0 Å². The standard InChI is InChI=1S/C22H26N2O5S/c1-16(25)17-5-4-8-21(15-17)30(27,28)23-14-13-22(26)24-18-9-11-20(12-10-18)29-19-6-2-3-7-19/h4-5,8-12,15,19,23H,2-3,6-7,13-14H2,1H3,(H,24,26). The quantitative estimate of drug-likeness (QED) is 0.593. The molecule has 2 aromatic rings. The van der Waals surface area contributed by atoms with E-state index in [1.54, 1.807) is 18.2 Å². The molecule has 0 unspecified atom stereocenters. The van der Waals surface area contributed by atoms with Gasteiger partial charge in [-0.1, -0.05) is 12.1 Å². The van der Waals surface area contributed by atoms with Crippen LogP contribution in [0.3, 0.4) is 0 Å². The summed E-state index contributed by atoms with van der Waals surface area (Å²) < 4.78 is 33.0. The number of ketones is 1. The second-order valence-corrected chi connectivity index (χ2v) is 9.10. The molecular formula is C22H26N2O5S. The highest BCUT2D eigenvalue weighted by Gasteiger charge is 2.17. The Morgan fingerprint density at radius 2 is 1.77 bits per heavy atom. The number of hydrogen-bond acceptors (Lipinski definition) is 5. The first kappa shape index (κ1) is 22.0. The van der Waals surface area contributed by atoms with Gasteiger partial charge in [-0.15, -0.1) is 0 Å². The summed E-state index contributed by atoms with van der Waals surface area (Å²) in [6.07, 6.45) is 4.80. The van der Waals surface area contributed by atoms with Crippen molar-refractivity contribution in [3.05, 3.63) is 54.1 Å². The van der Waals surface area contributed by atoms with Crippen molar-refractivity contribution < 1.29 is 22.7 Å². The summed E-state index contributed by atoms with van der Waals surface area (Å²) in [5.41, 5.74) is 0.937. The number of anilines is 1. The topological polar surface area (TPSA) is 102 Å². The summed E-state index contributed by atoms with van der Waals surface area (Å²) in [7, 11) is -3.80. The molecule has 3 rings (SSSR count). The minimum Gasteiger partial charge on any atom is -0.490 e. The molecule has 8 heteroatoms. The Labute approximate surface area is 176 Å². The number of Topliss-reactive ketones (excluding diaryl/α,β-unsaturated/α-hetero) is 1. The molecule has 160 valence electrons. The van der Waals surface area contributed by atoms with E-state index in [1.807, 2.05) is 12.1 Å². The van der Waals surface area contributed by atoms with Crippen LogP contribution in [0.15, 0.2) is 53.4 Å². The smallest absolute Gasteiger partial charge is 0.240 e. The number of nitrogens with one attached hydrogen (secondary N) is 2. The van der Waals surface area contributed by atoms with Crippen molar-refractivity contribution in [2.75, 3.05) is 11.9 Å². The molecule has 30 heavy (non-hydrogen) atoms. The molecule has 0 aromatic heterocycles. The highest BCUT2D eigenvalue weighted by molar-refractivity contribution is 7.89. The summed E-state index contributed by atoms with van der Waals surface area (Å²) >= 11 is 0. The van der Waals surface area contributed by atoms with E-state index in [1.165, 1.54) is 38.0 Å². The van der Waals surface area contributed by atoms with E-state index in [-0.39, 0.29) is 35.7 Å². The molecule has 7 nitrogen and oxygen atoms in total. The van der Waals surface area contributed by atoms with Crippen LogP contribution in [0.1, 0.15) is 49.4 Å². The summed E-state index contributed by atoms with van der Waals surface area (Å²) in [4.78, 5) is 23.5. The molecule has 0 atom stereocenters. The van der Waals surface area contributed by atoms with Gasteiger partial charge in [-0.3, -0.25) is 9.59 Å². The lowest BCUT2D eigenvalue weighted by atomic mass is 10.2.